The first kappa shape index (κ1) is 29.6. The Balaban J connectivity index is 2.09. The molecule has 1 aromatic carbocycles. The number of aliphatic carboxylic acids is 1. The molecule has 2 aromatic rings. The SMILES string of the molecule is CC(C)CC(NC(=O)C(N)CC(N)=O)C(=O)NC(CS)C(=O)NC(Cc1c[nH]c2ccccc12)C(=O)O. The van der Waals surface area contributed by atoms with E-state index in [2.05, 4.69) is 33.6 Å². The van der Waals surface area contributed by atoms with Gasteiger partial charge in [-0.3, -0.25) is 19.2 Å². The molecule has 2 rings (SSSR count). The second kappa shape index (κ2) is 13.7. The average molecular weight is 535 g/mol. The van der Waals surface area contributed by atoms with Gasteiger partial charge in [0.25, 0.3) is 0 Å². The molecule has 0 aliphatic rings. The third-order valence-corrected chi connectivity index (χ3v) is 5.99. The fourth-order valence-electron chi connectivity index (χ4n) is 3.75. The van der Waals surface area contributed by atoms with Crippen molar-refractivity contribution in [3.63, 3.8) is 0 Å². The molecule has 1 aromatic heterocycles. The molecule has 4 amide bonds. The molecule has 13 heteroatoms. The smallest absolute Gasteiger partial charge is 0.326 e. The molecule has 0 radical (unpaired) electrons. The van der Waals surface area contributed by atoms with Gasteiger partial charge < -0.3 is 37.5 Å². The monoisotopic (exact) mass is 534 g/mol. The van der Waals surface area contributed by atoms with E-state index in [4.69, 9.17) is 11.5 Å². The zero-order valence-corrected chi connectivity index (χ0v) is 21.6. The van der Waals surface area contributed by atoms with Crippen molar-refractivity contribution in [2.75, 3.05) is 5.75 Å². The van der Waals surface area contributed by atoms with Crippen molar-refractivity contribution < 1.29 is 29.1 Å². The number of carbonyl (C=O) groups excluding carboxylic acids is 4. The first-order chi connectivity index (χ1) is 17.4. The quantitative estimate of drug-likeness (QED) is 0.148. The molecule has 37 heavy (non-hydrogen) atoms. The molecule has 0 saturated heterocycles. The second-order valence-corrected chi connectivity index (χ2v) is 9.54. The highest BCUT2D eigenvalue weighted by Crippen LogP contribution is 2.19. The number of primary amides is 1. The lowest BCUT2D eigenvalue weighted by Gasteiger charge is -2.25. The van der Waals surface area contributed by atoms with Crippen molar-refractivity contribution in [2.24, 2.45) is 17.4 Å². The number of benzene rings is 1. The number of nitrogens with one attached hydrogen (secondary N) is 4. The van der Waals surface area contributed by atoms with Crippen LogP contribution in [0.4, 0.5) is 0 Å². The van der Waals surface area contributed by atoms with E-state index in [0.717, 1.165) is 10.9 Å². The molecule has 0 saturated carbocycles. The first-order valence-corrected chi connectivity index (χ1v) is 12.4. The fraction of sp³-hybridized carbons (Fsp3) is 0.458. The Labute approximate surface area is 219 Å². The average Bonchev–Trinajstić information content (AvgIpc) is 3.23. The highest BCUT2D eigenvalue weighted by Gasteiger charge is 2.30. The zero-order chi connectivity index (χ0) is 27.7. The van der Waals surface area contributed by atoms with Crippen LogP contribution in [0.2, 0.25) is 0 Å². The van der Waals surface area contributed by atoms with Crippen LogP contribution in [-0.2, 0) is 30.4 Å². The third kappa shape index (κ3) is 8.79. The summed E-state index contributed by atoms with van der Waals surface area (Å²) in [5, 5.41) is 18.0. The van der Waals surface area contributed by atoms with E-state index in [-0.39, 0.29) is 24.5 Å². The fourth-order valence-corrected chi connectivity index (χ4v) is 4.01. The normalized spacial score (nSPS) is 14.4. The maximum Gasteiger partial charge on any atom is 0.326 e. The Morgan fingerprint density at radius 3 is 2.16 bits per heavy atom. The van der Waals surface area contributed by atoms with Gasteiger partial charge in [0.2, 0.25) is 23.6 Å². The van der Waals surface area contributed by atoms with Crippen LogP contribution in [0.5, 0.6) is 0 Å². The van der Waals surface area contributed by atoms with Crippen molar-refractivity contribution in [1.82, 2.24) is 20.9 Å². The number of para-hydroxylation sites is 1. The van der Waals surface area contributed by atoms with Crippen LogP contribution in [0, 0.1) is 5.92 Å². The molecule has 202 valence electrons. The number of carboxylic acid groups (broad SMARTS) is 1. The summed E-state index contributed by atoms with van der Waals surface area (Å²) in [6, 6.07) is 2.65. The van der Waals surface area contributed by atoms with Crippen molar-refractivity contribution in [1.29, 1.82) is 0 Å². The van der Waals surface area contributed by atoms with Gasteiger partial charge >= 0.3 is 5.97 Å². The predicted molar refractivity (Wildman–Crippen MR) is 141 cm³/mol. The van der Waals surface area contributed by atoms with Gasteiger partial charge in [-0.25, -0.2) is 4.79 Å². The third-order valence-electron chi connectivity index (χ3n) is 5.63. The van der Waals surface area contributed by atoms with Gasteiger partial charge in [-0.2, -0.15) is 12.6 Å². The Morgan fingerprint density at radius 1 is 0.973 bits per heavy atom. The summed E-state index contributed by atoms with van der Waals surface area (Å²) in [7, 11) is 0. The Morgan fingerprint density at radius 2 is 1.57 bits per heavy atom. The van der Waals surface area contributed by atoms with Crippen LogP contribution in [0.15, 0.2) is 30.5 Å². The molecule has 9 N–H and O–H groups in total. The van der Waals surface area contributed by atoms with E-state index in [9.17, 15) is 29.1 Å². The number of H-pyrrole nitrogens is 1. The summed E-state index contributed by atoms with van der Waals surface area (Å²) in [5.41, 5.74) is 12.3. The van der Waals surface area contributed by atoms with Crippen LogP contribution in [-0.4, -0.2) is 69.6 Å². The number of fused-ring (bicyclic) bond motifs is 1. The zero-order valence-electron chi connectivity index (χ0n) is 20.7. The number of amides is 4. The molecule has 1 heterocycles. The first-order valence-electron chi connectivity index (χ1n) is 11.8. The number of aromatic nitrogens is 1. The van der Waals surface area contributed by atoms with Gasteiger partial charge in [0.05, 0.1) is 12.5 Å². The molecule has 0 bridgehead atoms. The van der Waals surface area contributed by atoms with Gasteiger partial charge in [-0.1, -0.05) is 32.0 Å². The number of aromatic amines is 1. The number of thiol groups is 1. The van der Waals surface area contributed by atoms with Crippen molar-refractivity contribution >= 4 is 53.1 Å². The van der Waals surface area contributed by atoms with Gasteiger partial charge in [0, 0.05) is 29.3 Å². The van der Waals surface area contributed by atoms with Crippen LogP contribution in [0.1, 0.15) is 32.3 Å². The Kier molecular flexibility index (Phi) is 10.9. The van der Waals surface area contributed by atoms with Crippen LogP contribution < -0.4 is 27.4 Å². The summed E-state index contributed by atoms with van der Waals surface area (Å²) >= 11 is 4.13. The minimum atomic E-state index is -1.26. The second-order valence-electron chi connectivity index (χ2n) is 9.17. The molecule has 0 fully saturated rings. The number of carboxylic acids is 1. The van der Waals surface area contributed by atoms with Gasteiger partial charge in [0.15, 0.2) is 0 Å². The van der Waals surface area contributed by atoms with Crippen molar-refractivity contribution in [3.8, 4) is 0 Å². The number of hydrogen-bond donors (Lipinski definition) is 8. The lowest BCUT2D eigenvalue weighted by Crippen LogP contribution is -2.58. The molecule has 0 aliphatic carbocycles. The summed E-state index contributed by atoms with van der Waals surface area (Å²) < 4.78 is 0. The van der Waals surface area contributed by atoms with Crippen molar-refractivity contribution in [2.45, 2.75) is 57.3 Å². The van der Waals surface area contributed by atoms with Crippen LogP contribution in [0.3, 0.4) is 0 Å². The Bertz CT molecular complexity index is 1140. The summed E-state index contributed by atoms with van der Waals surface area (Å²) in [5.74, 6) is -4.30. The minimum absolute atomic E-state index is 0.0146. The largest absolute Gasteiger partial charge is 0.480 e. The maximum atomic E-state index is 13.0. The van der Waals surface area contributed by atoms with E-state index in [0.29, 0.717) is 5.56 Å². The van der Waals surface area contributed by atoms with Gasteiger partial charge in [-0.15, -0.1) is 0 Å². The molecule has 0 aliphatic heterocycles. The van der Waals surface area contributed by atoms with E-state index in [1.54, 1.807) is 6.20 Å². The number of rotatable bonds is 14. The predicted octanol–water partition coefficient (Wildman–Crippen LogP) is -0.572. The minimum Gasteiger partial charge on any atom is -0.480 e. The highest BCUT2D eigenvalue weighted by atomic mass is 32.1. The lowest BCUT2D eigenvalue weighted by atomic mass is 10.0. The number of hydrogen-bond acceptors (Lipinski definition) is 7. The standard InChI is InChI=1S/C24H34N6O6S/c1-12(2)7-17(28-21(32)15(25)9-20(26)31)22(33)30-19(11-37)23(34)29-18(24(35)36)8-13-10-27-16-6-4-3-5-14(13)16/h3-6,10,12,15,17-19,27,37H,7-9,11,25H2,1-2H3,(H2,26,31)(H,28,32)(H,29,34)(H,30,33)(H,35,36). The molecule has 4 unspecified atom stereocenters. The summed E-state index contributed by atoms with van der Waals surface area (Å²) in [4.78, 5) is 64.2. The summed E-state index contributed by atoms with van der Waals surface area (Å²) in [6.07, 6.45) is 1.53. The topological polar surface area (TPSA) is 209 Å². The maximum absolute atomic E-state index is 13.0. The molecule has 4 atom stereocenters. The molecule has 0 spiro atoms. The van der Waals surface area contributed by atoms with Crippen LogP contribution >= 0.6 is 12.6 Å². The van der Waals surface area contributed by atoms with E-state index in [1.165, 1.54) is 0 Å². The number of carbonyl (C=O) groups is 5. The summed E-state index contributed by atoms with van der Waals surface area (Å²) in [6.45, 7) is 3.67. The van der Waals surface area contributed by atoms with E-state index in [1.807, 2.05) is 38.1 Å². The molecule has 12 nitrogen and oxygen atoms in total. The van der Waals surface area contributed by atoms with Crippen molar-refractivity contribution in [3.05, 3.63) is 36.0 Å². The van der Waals surface area contributed by atoms with Crippen LogP contribution in [0.25, 0.3) is 10.9 Å². The van der Waals surface area contributed by atoms with E-state index >= 15 is 0 Å². The molecular weight excluding hydrogens is 500 g/mol. The van der Waals surface area contributed by atoms with Gasteiger partial charge in [-0.05, 0) is 24.0 Å². The van der Waals surface area contributed by atoms with Gasteiger partial charge in [0.1, 0.15) is 18.1 Å². The highest BCUT2D eigenvalue weighted by molar-refractivity contribution is 7.80. The Hall–Kier alpha value is -3.58. The number of nitrogens with two attached hydrogens (primary N) is 2. The van der Waals surface area contributed by atoms with E-state index < -0.39 is 60.2 Å². The molecular formula is C24H34N6O6S. The lowest BCUT2D eigenvalue weighted by molar-refractivity contribution is -0.142.